The molecule has 1 aliphatic heterocycles. The van der Waals surface area contributed by atoms with Gasteiger partial charge in [0.15, 0.2) is 0 Å². The second-order valence-electron chi connectivity index (χ2n) is 8.49. The number of pyridine rings is 1. The van der Waals surface area contributed by atoms with Crippen LogP contribution in [-0.2, 0) is 11.3 Å². The number of aromatic nitrogens is 1. The SMILES string of the molecule is CCO/N=C1\CCc2cc(OCCCCCN3C=CN(c4ccnc(Cl)c4)S3(C(=O)O)C(=O)O)cc(F)c21. The average molecular weight is 567 g/mol. The van der Waals surface area contributed by atoms with Crippen molar-refractivity contribution in [3.63, 3.8) is 0 Å². The molecular formula is C25H28ClFN4O6S. The first-order valence-corrected chi connectivity index (χ1v) is 14.0. The van der Waals surface area contributed by atoms with Gasteiger partial charge in [-0.2, -0.15) is 0 Å². The maximum Gasteiger partial charge on any atom is 0.393 e. The lowest BCUT2D eigenvalue weighted by atomic mass is 10.1. The van der Waals surface area contributed by atoms with Crippen molar-refractivity contribution in [1.82, 2.24) is 9.29 Å². The number of oxime groups is 1. The molecule has 2 N–H and O–H groups in total. The second-order valence-corrected chi connectivity index (χ2v) is 11.5. The van der Waals surface area contributed by atoms with Gasteiger partial charge in [-0.05, 0) is 56.7 Å². The minimum absolute atomic E-state index is 0.126. The standard InChI is InChI=1S/C25H28ClFN4O6S/c1-2-37-29-21-7-6-17-14-19(16-20(27)23(17)21)36-13-5-3-4-10-30-11-12-31(18-8-9-28-22(26)15-18)38(30,24(32)33)25(34)35/h8-9,11-12,14-16H,2-7,10,13H2,1H3,(H,32,33)(H,34,35)/b29-21+. The fraction of sp³-hybridized carbons (Fsp3) is 0.360. The largest absolute Gasteiger partial charge is 0.493 e. The molecule has 2 aliphatic rings. The molecule has 4 rings (SSSR count). The molecule has 38 heavy (non-hydrogen) atoms. The molecule has 0 spiro atoms. The molecule has 0 saturated heterocycles. The highest BCUT2D eigenvalue weighted by molar-refractivity contribution is 8.54. The molecule has 0 fully saturated rings. The molecule has 0 radical (unpaired) electrons. The van der Waals surface area contributed by atoms with Gasteiger partial charge >= 0.3 is 10.6 Å². The number of hydrogen-bond donors (Lipinski definition) is 2. The minimum atomic E-state index is -3.49. The average Bonchev–Trinajstić information content (AvgIpc) is 3.47. The van der Waals surface area contributed by atoms with Crippen LogP contribution in [0.3, 0.4) is 0 Å². The Labute approximate surface area is 225 Å². The molecule has 1 aromatic heterocycles. The van der Waals surface area contributed by atoms with Crippen LogP contribution in [0.5, 0.6) is 5.75 Å². The lowest BCUT2D eigenvalue weighted by Gasteiger charge is -2.42. The topological polar surface area (TPSA) is 125 Å². The van der Waals surface area contributed by atoms with Crippen LogP contribution in [0.15, 0.2) is 48.0 Å². The van der Waals surface area contributed by atoms with Crippen LogP contribution >= 0.6 is 22.0 Å². The monoisotopic (exact) mass is 566 g/mol. The number of halogens is 2. The summed E-state index contributed by atoms with van der Waals surface area (Å²) in [6.07, 6.45) is 7.41. The van der Waals surface area contributed by atoms with E-state index < -0.39 is 26.8 Å². The van der Waals surface area contributed by atoms with Crippen LogP contribution in [0.25, 0.3) is 0 Å². The van der Waals surface area contributed by atoms with E-state index in [2.05, 4.69) is 10.1 Å². The van der Waals surface area contributed by atoms with E-state index in [-0.39, 0.29) is 11.7 Å². The van der Waals surface area contributed by atoms with Crippen molar-refractivity contribution in [2.75, 3.05) is 24.1 Å². The molecule has 0 atom stereocenters. The van der Waals surface area contributed by atoms with Gasteiger partial charge in [0.05, 0.1) is 18.0 Å². The maximum absolute atomic E-state index is 14.7. The number of carboxylic acid groups (broad SMARTS) is 2. The molecule has 0 bridgehead atoms. The number of unbranched alkanes of at least 4 members (excludes halogenated alkanes) is 2. The molecule has 10 nitrogen and oxygen atoms in total. The zero-order valence-corrected chi connectivity index (χ0v) is 22.3. The Morgan fingerprint density at radius 2 is 1.95 bits per heavy atom. The van der Waals surface area contributed by atoms with Crippen molar-refractivity contribution < 1.29 is 33.8 Å². The van der Waals surface area contributed by atoms with E-state index in [9.17, 15) is 24.2 Å². The first kappa shape index (κ1) is 27.5. The highest BCUT2D eigenvalue weighted by Crippen LogP contribution is 2.61. The van der Waals surface area contributed by atoms with E-state index in [4.69, 9.17) is 21.2 Å². The smallest absolute Gasteiger partial charge is 0.393 e. The van der Waals surface area contributed by atoms with E-state index >= 15 is 0 Å². The minimum Gasteiger partial charge on any atom is -0.493 e. The second kappa shape index (κ2) is 11.9. The molecule has 1 aliphatic carbocycles. The maximum atomic E-state index is 14.7. The van der Waals surface area contributed by atoms with E-state index in [1.807, 2.05) is 13.0 Å². The molecule has 204 valence electrons. The first-order valence-electron chi connectivity index (χ1n) is 12.1. The highest BCUT2D eigenvalue weighted by Gasteiger charge is 2.53. The van der Waals surface area contributed by atoms with Crippen LogP contribution in [0.1, 0.15) is 43.7 Å². The summed E-state index contributed by atoms with van der Waals surface area (Å²) in [7, 11) is -3.49. The lowest BCUT2D eigenvalue weighted by molar-refractivity contribution is 0.158. The summed E-state index contributed by atoms with van der Waals surface area (Å²) in [6.45, 7) is 2.79. The van der Waals surface area contributed by atoms with Crippen molar-refractivity contribution in [2.45, 2.75) is 39.0 Å². The van der Waals surface area contributed by atoms with Crippen LogP contribution < -0.4 is 9.04 Å². The number of hydrogen-bond acceptors (Lipinski definition) is 8. The summed E-state index contributed by atoms with van der Waals surface area (Å²) in [4.78, 5) is 33.6. The van der Waals surface area contributed by atoms with E-state index in [0.29, 0.717) is 68.0 Å². The third-order valence-electron chi connectivity index (χ3n) is 6.10. The fourth-order valence-electron chi connectivity index (χ4n) is 4.43. The molecule has 0 unspecified atom stereocenters. The Kier molecular flexibility index (Phi) is 8.62. The van der Waals surface area contributed by atoms with Gasteiger partial charge in [0.1, 0.15) is 33.7 Å². The number of ether oxygens (including phenoxy) is 1. The van der Waals surface area contributed by atoms with Crippen molar-refractivity contribution in [2.24, 2.45) is 5.16 Å². The van der Waals surface area contributed by atoms with Crippen LogP contribution in [-0.4, -0.2) is 55.6 Å². The van der Waals surface area contributed by atoms with Crippen molar-refractivity contribution in [3.8, 4) is 5.75 Å². The van der Waals surface area contributed by atoms with Gasteiger partial charge in [-0.3, -0.25) is 4.31 Å². The van der Waals surface area contributed by atoms with Gasteiger partial charge in [-0.1, -0.05) is 16.8 Å². The van der Waals surface area contributed by atoms with Crippen LogP contribution in [0.2, 0.25) is 5.15 Å². The summed E-state index contributed by atoms with van der Waals surface area (Å²) < 4.78 is 23.0. The molecular weight excluding hydrogens is 539 g/mol. The highest BCUT2D eigenvalue weighted by atomic mass is 35.5. The molecule has 1 aromatic carbocycles. The third kappa shape index (κ3) is 5.37. The Hall–Kier alpha value is -3.51. The van der Waals surface area contributed by atoms with Crippen LogP contribution in [0.4, 0.5) is 19.7 Å². The molecule has 0 saturated carbocycles. The summed E-state index contributed by atoms with van der Waals surface area (Å²) >= 11 is 5.95. The van der Waals surface area contributed by atoms with Gasteiger partial charge < -0.3 is 24.1 Å². The normalized spacial score (nSPS) is 17.5. The van der Waals surface area contributed by atoms with E-state index in [1.54, 1.807) is 0 Å². The molecule has 2 aromatic rings. The summed E-state index contributed by atoms with van der Waals surface area (Å²) in [5, 5.41) is 21.3. The first-order chi connectivity index (χ1) is 18.3. The molecule has 2 heterocycles. The van der Waals surface area contributed by atoms with Crippen molar-refractivity contribution in [3.05, 3.63) is 65.0 Å². The van der Waals surface area contributed by atoms with Gasteiger partial charge in [0.2, 0.25) is 0 Å². The Bertz CT molecular complexity index is 1260. The number of aryl methyl sites for hydroxylation is 1. The van der Waals surface area contributed by atoms with Gasteiger partial charge in [0.25, 0.3) is 0 Å². The van der Waals surface area contributed by atoms with Gasteiger partial charge in [-0.25, -0.2) is 19.0 Å². The quantitative estimate of drug-likeness (QED) is 0.191. The number of benzene rings is 1. The van der Waals surface area contributed by atoms with Crippen molar-refractivity contribution in [1.29, 1.82) is 0 Å². The number of rotatable bonds is 10. The van der Waals surface area contributed by atoms with Crippen LogP contribution in [0, 0.1) is 5.82 Å². The zero-order valence-electron chi connectivity index (χ0n) is 20.7. The summed E-state index contributed by atoms with van der Waals surface area (Å²) in [6, 6.07) is 6.10. The van der Waals surface area contributed by atoms with Gasteiger partial charge in [0, 0.05) is 42.8 Å². The predicted octanol–water partition coefficient (Wildman–Crippen LogP) is 6.39. The molecule has 13 heteroatoms. The summed E-state index contributed by atoms with van der Waals surface area (Å²) in [5.74, 6) is 0.0456. The number of carbonyl (C=O) groups is 2. The predicted molar refractivity (Wildman–Crippen MR) is 143 cm³/mol. The number of nitrogens with zero attached hydrogens (tertiary/aromatic N) is 4. The zero-order chi connectivity index (χ0) is 27.3. The molecule has 0 amide bonds. The summed E-state index contributed by atoms with van der Waals surface area (Å²) in [5.41, 5.74) is 2.25. The Morgan fingerprint density at radius 1 is 1.16 bits per heavy atom. The van der Waals surface area contributed by atoms with E-state index in [1.165, 1.54) is 45.4 Å². The lowest BCUT2D eigenvalue weighted by Crippen LogP contribution is -2.39. The van der Waals surface area contributed by atoms with Gasteiger partial charge in [-0.15, -0.1) is 0 Å². The van der Waals surface area contributed by atoms with E-state index in [0.717, 1.165) is 5.56 Å². The van der Waals surface area contributed by atoms with Crippen molar-refractivity contribution >= 4 is 44.0 Å². The number of anilines is 1. The number of fused-ring (bicyclic) bond motifs is 1. The third-order valence-corrected chi connectivity index (χ3v) is 9.17. The Morgan fingerprint density at radius 3 is 2.66 bits per heavy atom. The fourth-order valence-corrected chi connectivity index (χ4v) is 6.98. The Balaban J connectivity index is 1.32.